The van der Waals surface area contributed by atoms with Crippen molar-refractivity contribution < 1.29 is 14.5 Å². The number of nitrogens with zero attached hydrogens (tertiary/aromatic N) is 1. The number of hydrogen-bond acceptors (Lipinski definition) is 5. The summed E-state index contributed by atoms with van der Waals surface area (Å²) in [4.78, 5) is 21.4. The Labute approximate surface area is 104 Å². The zero-order chi connectivity index (χ0) is 13.4. The maximum atomic E-state index is 11.3. The topological polar surface area (TPSA) is 107 Å². The predicted octanol–water partition coefficient (Wildman–Crippen LogP) is 0.186. The molecule has 3 N–H and O–H groups in total. The highest BCUT2D eigenvalue weighted by molar-refractivity contribution is 5.77. The molecule has 0 fully saturated rings. The molecule has 0 unspecified atom stereocenters. The summed E-state index contributed by atoms with van der Waals surface area (Å²) in [6.45, 7) is 0.848. The van der Waals surface area contributed by atoms with Gasteiger partial charge in [-0.25, -0.2) is 0 Å². The molecular weight excluding hydrogens is 238 g/mol. The van der Waals surface area contributed by atoms with Crippen molar-refractivity contribution in [3.63, 3.8) is 0 Å². The number of nitro benzene ring substituents is 1. The summed E-state index contributed by atoms with van der Waals surface area (Å²) >= 11 is 0. The lowest BCUT2D eigenvalue weighted by atomic mass is 10.2. The zero-order valence-electron chi connectivity index (χ0n) is 9.80. The van der Waals surface area contributed by atoms with Gasteiger partial charge < -0.3 is 15.8 Å². The Hall–Kier alpha value is -1.99. The number of amides is 1. The Morgan fingerprint density at radius 1 is 1.50 bits per heavy atom. The van der Waals surface area contributed by atoms with Crippen molar-refractivity contribution >= 4 is 11.6 Å². The lowest BCUT2D eigenvalue weighted by molar-refractivity contribution is -0.384. The maximum absolute atomic E-state index is 11.3. The molecule has 0 heterocycles. The first kappa shape index (κ1) is 14.1. The van der Waals surface area contributed by atoms with Crippen LogP contribution in [0.3, 0.4) is 0 Å². The first-order valence-corrected chi connectivity index (χ1v) is 5.41. The summed E-state index contributed by atoms with van der Waals surface area (Å²) in [5.41, 5.74) is 5.87. The first-order valence-electron chi connectivity index (χ1n) is 5.41. The largest absolute Gasteiger partial charge is 0.370 e. The van der Waals surface area contributed by atoms with Crippen LogP contribution in [0.25, 0.3) is 0 Å². The van der Waals surface area contributed by atoms with Crippen LogP contribution in [0.4, 0.5) is 5.69 Å². The standard InChI is InChI=1S/C11H15N3O4/c12-4-5-18-8-11(15)13-7-9-2-1-3-10(6-9)14(16)17/h1-3,6H,4-5,7-8,12H2,(H,13,15). The molecule has 0 spiro atoms. The number of ether oxygens (including phenoxy) is 1. The van der Waals surface area contributed by atoms with E-state index in [4.69, 9.17) is 10.5 Å². The van der Waals surface area contributed by atoms with Gasteiger partial charge in [-0.2, -0.15) is 0 Å². The monoisotopic (exact) mass is 253 g/mol. The molecule has 0 bridgehead atoms. The second kappa shape index (κ2) is 7.36. The van der Waals surface area contributed by atoms with Gasteiger partial charge in [-0.3, -0.25) is 14.9 Å². The number of nitro groups is 1. The molecule has 7 nitrogen and oxygen atoms in total. The van der Waals surface area contributed by atoms with Crippen LogP contribution >= 0.6 is 0 Å². The average molecular weight is 253 g/mol. The molecule has 1 rings (SSSR count). The van der Waals surface area contributed by atoms with Crippen LogP contribution in [0.5, 0.6) is 0 Å². The molecule has 0 atom stereocenters. The van der Waals surface area contributed by atoms with Crippen molar-refractivity contribution in [1.82, 2.24) is 5.32 Å². The molecule has 0 aliphatic heterocycles. The molecule has 0 radical (unpaired) electrons. The third kappa shape index (κ3) is 4.89. The maximum Gasteiger partial charge on any atom is 0.269 e. The van der Waals surface area contributed by atoms with Crippen LogP contribution in [0.2, 0.25) is 0 Å². The van der Waals surface area contributed by atoms with Gasteiger partial charge in [0.25, 0.3) is 5.69 Å². The smallest absolute Gasteiger partial charge is 0.269 e. The Balaban J connectivity index is 2.41. The number of carbonyl (C=O) groups excluding carboxylic acids is 1. The van der Waals surface area contributed by atoms with Crippen LogP contribution in [0, 0.1) is 10.1 Å². The minimum atomic E-state index is -0.477. The van der Waals surface area contributed by atoms with Gasteiger partial charge in [-0.05, 0) is 5.56 Å². The molecule has 0 saturated carbocycles. The van der Waals surface area contributed by atoms with Gasteiger partial charge in [0, 0.05) is 25.2 Å². The Morgan fingerprint density at radius 2 is 2.28 bits per heavy atom. The summed E-state index contributed by atoms with van der Waals surface area (Å²) in [5.74, 6) is -0.282. The van der Waals surface area contributed by atoms with Crippen LogP contribution < -0.4 is 11.1 Å². The number of non-ortho nitro benzene ring substituents is 1. The van der Waals surface area contributed by atoms with Gasteiger partial charge in [-0.15, -0.1) is 0 Å². The van der Waals surface area contributed by atoms with Crippen molar-refractivity contribution in [3.8, 4) is 0 Å². The molecule has 7 heteroatoms. The van der Waals surface area contributed by atoms with Crippen molar-refractivity contribution in [1.29, 1.82) is 0 Å². The zero-order valence-corrected chi connectivity index (χ0v) is 9.80. The highest BCUT2D eigenvalue weighted by Gasteiger charge is 2.06. The Morgan fingerprint density at radius 3 is 2.94 bits per heavy atom. The van der Waals surface area contributed by atoms with Gasteiger partial charge in [0.15, 0.2) is 0 Å². The van der Waals surface area contributed by atoms with Gasteiger partial charge in [-0.1, -0.05) is 12.1 Å². The highest BCUT2D eigenvalue weighted by atomic mass is 16.6. The second-order valence-corrected chi connectivity index (χ2v) is 3.55. The van der Waals surface area contributed by atoms with Crippen molar-refractivity contribution in [2.75, 3.05) is 19.8 Å². The number of rotatable bonds is 7. The van der Waals surface area contributed by atoms with E-state index in [9.17, 15) is 14.9 Å². The predicted molar refractivity (Wildman–Crippen MR) is 64.8 cm³/mol. The van der Waals surface area contributed by atoms with Crippen LogP contribution in [-0.4, -0.2) is 30.6 Å². The first-order chi connectivity index (χ1) is 8.63. The van der Waals surface area contributed by atoms with E-state index in [1.165, 1.54) is 12.1 Å². The molecule has 0 saturated heterocycles. The van der Waals surface area contributed by atoms with Gasteiger partial charge in [0.05, 0.1) is 11.5 Å². The molecule has 0 aliphatic carbocycles. The molecule has 1 aromatic carbocycles. The molecule has 98 valence electrons. The molecule has 0 aliphatic rings. The third-order valence-electron chi connectivity index (χ3n) is 2.11. The third-order valence-corrected chi connectivity index (χ3v) is 2.11. The summed E-state index contributed by atoms with van der Waals surface area (Å²) in [6, 6.07) is 6.09. The molecule has 1 amide bonds. The van der Waals surface area contributed by atoms with E-state index in [0.29, 0.717) is 18.7 Å². The SMILES string of the molecule is NCCOCC(=O)NCc1cccc([N+](=O)[O-])c1. The van der Waals surface area contributed by atoms with Crippen LogP contribution in [0.1, 0.15) is 5.56 Å². The second-order valence-electron chi connectivity index (χ2n) is 3.55. The van der Waals surface area contributed by atoms with Crippen molar-refractivity contribution in [3.05, 3.63) is 39.9 Å². The van der Waals surface area contributed by atoms with E-state index >= 15 is 0 Å². The fourth-order valence-corrected chi connectivity index (χ4v) is 1.28. The average Bonchev–Trinajstić information content (AvgIpc) is 2.37. The fraction of sp³-hybridized carbons (Fsp3) is 0.364. The lowest BCUT2D eigenvalue weighted by Gasteiger charge is -2.05. The number of nitrogens with two attached hydrogens (primary N) is 1. The van der Waals surface area contributed by atoms with Gasteiger partial charge in [0.2, 0.25) is 5.91 Å². The number of nitrogens with one attached hydrogen (secondary N) is 1. The summed E-state index contributed by atoms with van der Waals surface area (Å²) in [6.07, 6.45) is 0. The van der Waals surface area contributed by atoms with E-state index in [1.54, 1.807) is 12.1 Å². The number of hydrogen-bond donors (Lipinski definition) is 2. The lowest BCUT2D eigenvalue weighted by Crippen LogP contribution is -2.28. The van der Waals surface area contributed by atoms with E-state index in [2.05, 4.69) is 5.32 Å². The quantitative estimate of drug-likeness (QED) is 0.409. The summed E-state index contributed by atoms with van der Waals surface area (Å²) < 4.78 is 4.95. The highest BCUT2D eigenvalue weighted by Crippen LogP contribution is 2.12. The molecule has 18 heavy (non-hydrogen) atoms. The van der Waals surface area contributed by atoms with E-state index in [1.807, 2.05) is 0 Å². The Kier molecular flexibility index (Phi) is 5.75. The summed E-state index contributed by atoms with van der Waals surface area (Å²) in [7, 11) is 0. The molecular formula is C11H15N3O4. The van der Waals surface area contributed by atoms with Crippen LogP contribution in [-0.2, 0) is 16.1 Å². The van der Waals surface area contributed by atoms with Crippen molar-refractivity contribution in [2.24, 2.45) is 5.73 Å². The molecule has 0 aromatic heterocycles. The van der Waals surface area contributed by atoms with E-state index in [0.717, 1.165) is 0 Å². The van der Waals surface area contributed by atoms with Gasteiger partial charge >= 0.3 is 0 Å². The van der Waals surface area contributed by atoms with E-state index < -0.39 is 4.92 Å². The minimum Gasteiger partial charge on any atom is -0.370 e. The normalized spacial score (nSPS) is 10.1. The Bertz CT molecular complexity index is 423. The number of carbonyl (C=O) groups is 1. The van der Waals surface area contributed by atoms with Crippen molar-refractivity contribution in [2.45, 2.75) is 6.54 Å². The fourth-order valence-electron chi connectivity index (χ4n) is 1.28. The van der Waals surface area contributed by atoms with E-state index in [-0.39, 0.29) is 24.7 Å². The number of benzene rings is 1. The van der Waals surface area contributed by atoms with Crippen LogP contribution in [0.15, 0.2) is 24.3 Å². The summed E-state index contributed by atoms with van der Waals surface area (Å²) in [5, 5.41) is 13.1. The minimum absolute atomic E-state index is 0.00105. The molecule has 1 aromatic rings. The van der Waals surface area contributed by atoms with Gasteiger partial charge in [0.1, 0.15) is 6.61 Å².